The molecule has 0 saturated heterocycles. The molecule has 0 N–H and O–H groups in total. The van der Waals surface area contributed by atoms with Gasteiger partial charge in [0.2, 0.25) is 0 Å². The molecule has 0 fully saturated rings. The Morgan fingerprint density at radius 2 is 2.30 bits per heavy atom. The lowest BCUT2D eigenvalue weighted by molar-refractivity contribution is 0.621. The highest BCUT2D eigenvalue weighted by Gasteiger charge is 2.02. The van der Waals surface area contributed by atoms with Gasteiger partial charge in [0.25, 0.3) is 0 Å². The maximum absolute atomic E-state index is 4.03. The first kappa shape index (κ1) is 7.90. The molecule has 56 valence electrons. The van der Waals surface area contributed by atoms with E-state index in [0.29, 0.717) is 5.92 Å². The fourth-order valence-electron chi connectivity index (χ4n) is 0.671. The Kier molecular flexibility index (Phi) is 2.58. The summed E-state index contributed by atoms with van der Waals surface area (Å²) in [5.41, 5.74) is 0. The highest BCUT2D eigenvalue weighted by Crippen LogP contribution is 2.00. The van der Waals surface area contributed by atoms with Crippen LogP contribution in [0.25, 0.3) is 0 Å². The largest absolute Gasteiger partial charge is 0.175 e. The zero-order valence-corrected chi connectivity index (χ0v) is 8.11. The van der Waals surface area contributed by atoms with Crippen molar-refractivity contribution in [2.24, 2.45) is 5.92 Å². The van der Waals surface area contributed by atoms with Gasteiger partial charge in [-0.1, -0.05) is 13.8 Å². The van der Waals surface area contributed by atoms with Gasteiger partial charge in [-0.05, 0) is 11.1 Å². The third kappa shape index (κ3) is 2.20. The van der Waals surface area contributed by atoms with Crippen molar-refractivity contribution in [3.63, 3.8) is 0 Å². The van der Waals surface area contributed by atoms with Crippen LogP contribution in [-0.4, -0.2) is 18.4 Å². The van der Waals surface area contributed by atoms with Crippen LogP contribution in [-0.2, 0) is 6.42 Å². The molecule has 0 unspecified atom stereocenters. The van der Waals surface area contributed by atoms with Crippen molar-refractivity contribution < 1.29 is 0 Å². The Hall–Kier alpha value is -0.200. The highest BCUT2D eigenvalue weighted by atomic mass is 127. The molecule has 0 atom stereocenters. The number of nitrogens with zero attached hydrogens (tertiary/aromatic N) is 4. The van der Waals surface area contributed by atoms with Gasteiger partial charge in [0.15, 0.2) is 5.82 Å². The van der Waals surface area contributed by atoms with Crippen molar-refractivity contribution in [2.75, 3.05) is 0 Å². The molecule has 4 nitrogen and oxygen atoms in total. The summed E-state index contributed by atoms with van der Waals surface area (Å²) in [5, 5.41) is 11.6. The van der Waals surface area contributed by atoms with Crippen LogP contribution in [0.15, 0.2) is 0 Å². The molecule has 1 aromatic heterocycles. The highest BCUT2D eigenvalue weighted by molar-refractivity contribution is 14.1. The molecule has 0 aliphatic heterocycles. The number of halogens is 1. The third-order valence-electron chi connectivity index (χ3n) is 1.02. The summed E-state index contributed by atoms with van der Waals surface area (Å²) < 4.78 is 1.45. The number of hydrogen-bond donors (Lipinski definition) is 0. The third-order valence-corrected chi connectivity index (χ3v) is 1.43. The topological polar surface area (TPSA) is 43.6 Å². The fraction of sp³-hybridized carbons (Fsp3) is 0.800. The molecule has 10 heavy (non-hydrogen) atoms. The second kappa shape index (κ2) is 3.27. The molecule has 0 saturated carbocycles. The fourth-order valence-corrected chi connectivity index (χ4v) is 1.02. The Morgan fingerprint density at radius 3 is 2.70 bits per heavy atom. The average molecular weight is 252 g/mol. The van der Waals surface area contributed by atoms with Crippen LogP contribution in [0.5, 0.6) is 0 Å². The second-order valence-electron chi connectivity index (χ2n) is 2.54. The Balaban J connectivity index is 2.58. The average Bonchev–Trinajstić information content (AvgIpc) is 2.13. The van der Waals surface area contributed by atoms with Crippen molar-refractivity contribution in [1.29, 1.82) is 0 Å². The standard InChI is InChI=1S/C5H9IN4/c1-4(2)3-5-7-9-10(6)8-5/h4H,3H2,1-2H3. The number of hydrogen-bond acceptors (Lipinski definition) is 3. The van der Waals surface area contributed by atoms with Crippen LogP contribution in [0.1, 0.15) is 19.7 Å². The molecule has 1 heterocycles. The van der Waals surface area contributed by atoms with E-state index >= 15 is 0 Å². The molecule has 0 spiro atoms. The summed E-state index contributed by atoms with van der Waals surface area (Å²) in [5.74, 6) is 1.42. The van der Waals surface area contributed by atoms with Gasteiger partial charge in [-0.15, -0.1) is 13.2 Å². The predicted molar refractivity (Wildman–Crippen MR) is 45.8 cm³/mol. The van der Waals surface area contributed by atoms with E-state index < -0.39 is 0 Å². The quantitative estimate of drug-likeness (QED) is 0.739. The molecule has 0 amide bonds. The summed E-state index contributed by atoms with van der Waals surface area (Å²) in [4.78, 5) is 0. The first-order valence-corrected chi connectivity index (χ1v) is 4.10. The second-order valence-corrected chi connectivity index (χ2v) is 3.41. The maximum atomic E-state index is 4.03. The van der Waals surface area contributed by atoms with Crippen LogP contribution >= 0.6 is 22.9 Å². The first-order valence-electron chi connectivity index (χ1n) is 3.13. The van der Waals surface area contributed by atoms with E-state index in [2.05, 4.69) is 29.3 Å². The molecular weight excluding hydrogens is 243 g/mol. The zero-order valence-electron chi connectivity index (χ0n) is 5.95. The molecule has 0 bridgehead atoms. The van der Waals surface area contributed by atoms with E-state index in [1.807, 2.05) is 22.9 Å². The molecule has 0 aliphatic rings. The van der Waals surface area contributed by atoms with E-state index in [1.165, 1.54) is 3.01 Å². The lowest BCUT2D eigenvalue weighted by atomic mass is 10.1. The van der Waals surface area contributed by atoms with Gasteiger partial charge in [-0.3, -0.25) is 0 Å². The van der Waals surface area contributed by atoms with Gasteiger partial charge < -0.3 is 0 Å². The van der Waals surface area contributed by atoms with Crippen LogP contribution in [0.4, 0.5) is 0 Å². The minimum atomic E-state index is 0.598. The molecule has 5 heteroatoms. The van der Waals surface area contributed by atoms with E-state index in [-0.39, 0.29) is 0 Å². The summed E-state index contributed by atoms with van der Waals surface area (Å²) in [6.45, 7) is 4.27. The molecule has 0 radical (unpaired) electrons. The van der Waals surface area contributed by atoms with Crippen LogP contribution < -0.4 is 0 Å². The summed E-state index contributed by atoms with van der Waals surface area (Å²) in [7, 11) is 0. The normalized spacial score (nSPS) is 10.8. The Bertz CT molecular complexity index is 207. The van der Waals surface area contributed by atoms with Crippen molar-refractivity contribution >= 4 is 22.9 Å². The summed E-state index contributed by atoms with van der Waals surface area (Å²) >= 11 is 1.98. The lowest BCUT2D eigenvalue weighted by Gasteiger charge is -1.95. The predicted octanol–water partition coefficient (Wildman–Crippen LogP) is 1.07. The van der Waals surface area contributed by atoms with Gasteiger partial charge in [0, 0.05) is 6.42 Å². The molecule has 0 aliphatic carbocycles. The van der Waals surface area contributed by atoms with E-state index in [0.717, 1.165) is 12.2 Å². The van der Waals surface area contributed by atoms with Crippen molar-refractivity contribution in [1.82, 2.24) is 18.4 Å². The lowest BCUT2D eigenvalue weighted by Crippen LogP contribution is -1.96. The Morgan fingerprint density at radius 1 is 1.60 bits per heavy atom. The van der Waals surface area contributed by atoms with Gasteiger partial charge in [0.1, 0.15) is 22.9 Å². The van der Waals surface area contributed by atoms with Crippen molar-refractivity contribution in [2.45, 2.75) is 20.3 Å². The van der Waals surface area contributed by atoms with Crippen LogP contribution in [0, 0.1) is 5.92 Å². The first-order chi connectivity index (χ1) is 4.68. The smallest absolute Gasteiger partial charge is 0.126 e. The van der Waals surface area contributed by atoms with E-state index in [4.69, 9.17) is 0 Å². The zero-order chi connectivity index (χ0) is 7.56. The van der Waals surface area contributed by atoms with Crippen molar-refractivity contribution in [3.8, 4) is 0 Å². The number of tetrazole rings is 1. The monoisotopic (exact) mass is 252 g/mol. The van der Waals surface area contributed by atoms with Gasteiger partial charge in [0.05, 0.1) is 0 Å². The van der Waals surface area contributed by atoms with Crippen LogP contribution in [0.2, 0.25) is 0 Å². The van der Waals surface area contributed by atoms with Gasteiger partial charge >= 0.3 is 0 Å². The Labute approximate surface area is 73.5 Å². The van der Waals surface area contributed by atoms with E-state index in [1.54, 1.807) is 0 Å². The van der Waals surface area contributed by atoms with Crippen molar-refractivity contribution in [3.05, 3.63) is 5.82 Å². The van der Waals surface area contributed by atoms with Gasteiger partial charge in [-0.25, -0.2) is 0 Å². The molecule has 1 aromatic rings. The van der Waals surface area contributed by atoms with Gasteiger partial charge in [-0.2, -0.15) is 0 Å². The number of aromatic nitrogens is 4. The SMILES string of the molecule is CC(C)Cc1nnn(I)n1. The summed E-state index contributed by atoms with van der Waals surface area (Å²) in [6, 6.07) is 0. The minimum absolute atomic E-state index is 0.598. The molecular formula is C5H9IN4. The number of rotatable bonds is 2. The van der Waals surface area contributed by atoms with E-state index in [9.17, 15) is 0 Å². The maximum Gasteiger partial charge on any atom is 0.175 e. The molecule has 0 aromatic carbocycles. The summed E-state index contributed by atoms with van der Waals surface area (Å²) in [6.07, 6.45) is 0.906. The molecule has 1 rings (SSSR count). The van der Waals surface area contributed by atoms with Crippen LogP contribution in [0.3, 0.4) is 0 Å². The minimum Gasteiger partial charge on any atom is -0.126 e.